The van der Waals surface area contributed by atoms with Gasteiger partial charge in [-0.15, -0.1) is 6.42 Å². The van der Waals surface area contributed by atoms with Crippen molar-refractivity contribution in [2.45, 2.75) is 43.2 Å². The number of ether oxygens (including phenoxy) is 1. The summed E-state index contributed by atoms with van der Waals surface area (Å²) < 4.78 is 7.47. The molecule has 1 saturated heterocycles. The lowest BCUT2D eigenvalue weighted by Crippen LogP contribution is -2.41. The van der Waals surface area contributed by atoms with Gasteiger partial charge in [-0.3, -0.25) is 4.57 Å². The van der Waals surface area contributed by atoms with Crippen molar-refractivity contribution in [3.05, 3.63) is 12.7 Å². The van der Waals surface area contributed by atoms with Crippen molar-refractivity contribution in [2.75, 3.05) is 11.9 Å². The van der Waals surface area contributed by atoms with Crippen molar-refractivity contribution >= 4 is 17.0 Å². The zero-order valence-corrected chi connectivity index (χ0v) is 12.4. The molecule has 2 aromatic rings. The molecule has 4 rings (SSSR count). The molecular formula is C15H17N5O3. The van der Waals surface area contributed by atoms with Gasteiger partial charge >= 0.3 is 0 Å². The first-order valence-corrected chi connectivity index (χ1v) is 7.55. The van der Waals surface area contributed by atoms with Gasteiger partial charge in [0.25, 0.3) is 0 Å². The lowest BCUT2D eigenvalue weighted by atomic mass is 9.99. The quantitative estimate of drug-likeness (QED) is 0.684. The molecule has 0 bridgehead atoms. The van der Waals surface area contributed by atoms with E-state index in [0.29, 0.717) is 23.0 Å². The Morgan fingerprint density at radius 1 is 1.43 bits per heavy atom. The second kappa shape index (κ2) is 5.16. The van der Waals surface area contributed by atoms with Crippen molar-refractivity contribution in [1.82, 2.24) is 19.5 Å². The van der Waals surface area contributed by atoms with Crippen LogP contribution in [0.3, 0.4) is 0 Å². The van der Waals surface area contributed by atoms with E-state index in [0.717, 1.165) is 12.8 Å². The zero-order valence-electron chi connectivity index (χ0n) is 12.4. The van der Waals surface area contributed by atoms with Crippen LogP contribution in [0.15, 0.2) is 12.7 Å². The number of anilines is 1. The number of nitrogens with zero attached hydrogens (tertiary/aromatic N) is 4. The van der Waals surface area contributed by atoms with E-state index in [9.17, 15) is 10.2 Å². The predicted octanol–water partition coefficient (Wildman–Crippen LogP) is 0.0447. The van der Waals surface area contributed by atoms with Crippen molar-refractivity contribution in [3.63, 3.8) is 0 Å². The summed E-state index contributed by atoms with van der Waals surface area (Å²) in [6.45, 7) is -0.447. The molecule has 23 heavy (non-hydrogen) atoms. The summed E-state index contributed by atoms with van der Waals surface area (Å²) in [5.74, 6) is 3.06. The van der Waals surface area contributed by atoms with Gasteiger partial charge < -0.3 is 20.3 Å². The van der Waals surface area contributed by atoms with Crippen LogP contribution in [0.5, 0.6) is 0 Å². The van der Waals surface area contributed by atoms with Crippen LogP contribution in [0.2, 0.25) is 0 Å². The molecule has 2 aliphatic rings. The minimum absolute atomic E-state index is 0.256. The highest BCUT2D eigenvalue weighted by atomic mass is 16.6. The monoisotopic (exact) mass is 315 g/mol. The predicted molar refractivity (Wildman–Crippen MR) is 81.4 cm³/mol. The van der Waals surface area contributed by atoms with Gasteiger partial charge in [-0.05, 0) is 12.8 Å². The number of aliphatic hydroxyl groups is 2. The van der Waals surface area contributed by atoms with E-state index in [-0.39, 0.29) is 6.42 Å². The van der Waals surface area contributed by atoms with E-state index in [2.05, 4.69) is 26.2 Å². The number of aliphatic hydroxyl groups excluding tert-OH is 2. The first-order valence-electron chi connectivity index (χ1n) is 7.55. The van der Waals surface area contributed by atoms with Crippen molar-refractivity contribution in [3.8, 4) is 12.3 Å². The fraction of sp³-hybridized carbons (Fsp3) is 0.533. The Balaban J connectivity index is 1.69. The Morgan fingerprint density at radius 2 is 2.26 bits per heavy atom. The smallest absolute Gasteiger partial charge is 0.179 e. The van der Waals surface area contributed by atoms with E-state index >= 15 is 0 Å². The van der Waals surface area contributed by atoms with E-state index in [1.807, 2.05) is 0 Å². The van der Waals surface area contributed by atoms with Gasteiger partial charge in [0.2, 0.25) is 0 Å². The minimum Gasteiger partial charge on any atom is -0.392 e. The fourth-order valence-corrected chi connectivity index (χ4v) is 2.83. The van der Waals surface area contributed by atoms with E-state index in [1.165, 1.54) is 6.33 Å². The van der Waals surface area contributed by atoms with Crippen molar-refractivity contribution in [2.24, 2.45) is 0 Å². The number of fused-ring (bicyclic) bond motifs is 1. The number of hydrogen-bond donors (Lipinski definition) is 3. The molecule has 0 unspecified atom stereocenters. The Labute approximate surface area is 132 Å². The van der Waals surface area contributed by atoms with Crippen LogP contribution in [-0.4, -0.2) is 54.1 Å². The molecule has 8 heteroatoms. The van der Waals surface area contributed by atoms with Gasteiger partial charge in [-0.1, -0.05) is 5.92 Å². The van der Waals surface area contributed by atoms with Gasteiger partial charge in [0.05, 0.1) is 12.9 Å². The first kappa shape index (κ1) is 14.4. The normalized spacial score (nSPS) is 30.5. The Hall–Kier alpha value is -2.21. The molecule has 1 aliphatic carbocycles. The van der Waals surface area contributed by atoms with E-state index in [1.54, 1.807) is 10.9 Å². The summed E-state index contributed by atoms with van der Waals surface area (Å²) >= 11 is 0. The van der Waals surface area contributed by atoms with Crippen molar-refractivity contribution < 1.29 is 14.9 Å². The van der Waals surface area contributed by atoms with E-state index in [4.69, 9.17) is 11.2 Å². The summed E-state index contributed by atoms with van der Waals surface area (Å²) in [5.41, 5.74) is -0.130. The topological polar surface area (TPSA) is 105 Å². The molecule has 120 valence electrons. The largest absolute Gasteiger partial charge is 0.392 e. The standard InChI is InChI=1S/C15H17N5O3/c1-2-15(6-21)10(22)5-11(23-15)20-8-18-12-13(19-9-3-4-9)16-7-17-14(12)20/h1,7-11,21-22H,3-6H2,(H,16,17,19)/t10-,11+,15+/m0/s1. The molecule has 0 spiro atoms. The third-order valence-electron chi connectivity index (χ3n) is 4.38. The summed E-state index contributed by atoms with van der Waals surface area (Å²) in [7, 11) is 0. The molecule has 2 fully saturated rings. The Morgan fingerprint density at radius 3 is 2.91 bits per heavy atom. The van der Waals surface area contributed by atoms with Gasteiger partial charge in [0.15, 0.2) is 22.6 Å². The van der Waals surface area contributed by atoms with Crippen LogP contribution in [0, 0.1) is 12.3 Å². The summed E-state index contributed by atoms with van der Waals surface area (Å²) in [6, 6.07) is 0.450. The molecule has 0 amide bonds. The lowest BCUT2D eigenvalue weighted by molar-refractivity contribution is -0.0891. The van der Waals surface area contributed by atoms with Crippen LogP contribution in [0.25, 0.3) is 11.2 Å². The van der Waals surface area contributed by atoms with Gasteiger partial charge in [-0.2, -0.15) is 0 Å². The summed E-state index contributed by atoms with van der Waals surface area (Å²) in [5, 5.41) is 23.0. The molecule has 2 aromatic heterocycles. The second-order valence-corrected chi connectivity index (χ2v) is 5.98. The third kappa shape index (κ3) is 2.25. The Bertz CT molecular complexity index is 781. The molecular weight excluding hydrogens is 298 g/mol. The highest BCUT2D eigenvalue weighted by Gasteiger charge is 2.47. The van der Waals surface area contributed by atoms with Gasteiger partial charge in [-0.25, -0.2) is 15.0 Å². The summed E-state index contributed by atoms with van der Waals surface area (Å²) in [6.07, 6.45) is 9.52. The second-order valence-electron chi connectivity index (χ2n) is 5.98. The highest BCUT2D eigenvalue weighted by Crippen LogP contribution is 2.38. The van der Waals surface area contributed by atoms with E-state index < -0.39 is 24.5 Å². The molecule has 3 atom stereocenters. The van der Waals surface area contributed by atoms with Gasteiger partial charge in [0.1, 0.15) is 18.7 Å². The summed E-state index contributed by atoms with van der Waals surface area (Å²) in [4.78, 5) is 12.9. The zero-order chi connectivity index (χ0) is 16.0. The number of aromatic nitrogens is 4. The maximum atomic E-state index is 10.2. The molecule has 3 N–H and O–H groups in total. The SMILES string of the molecule is C#C[C@]1(CO)O[C@@H](n2cnc3c(NC4CC4)ncnc32)C[C@@H]1O. The van der Waals surface area contributed by atoms with Crippen LogP contribution < -0.4 is 5.32 Å². The van der Waals surface area contributed by atoms with Crippen LogP contribution in [-0.2, 0) is 4.74 Å². The number of terminal acetylenes is 1. The Kier molecular flexibility index (Phi) is 3.23. The number of hydrogen-bond acceptors (Lipinski definition) is 7. The number of imidazole rings is 1. The molecule has 1 aliphatic heterocycles. The highest BCUT2D eigenvalue weighted by molar-refractivity contribution is 5.83. The van der Waals surface area contributed by atoms with Crippen LogP contribution in [0.4, 0.5) is 5.82 Å². The first-order chi connectivity index (χ1) is 11.2. The molecule has 0 radical (unpaired) electrons. The van der Waals surface area contributed by atoms with Crippen LogP contribution in [0.1, 0.15) is 25.5 Å². The third-order valence-corrected chi connectivity index (χ3v) is 4.38. The lowest BCUT2D eigenvalue weighted by Gasteiger charge is -2.23. The molecule has 0 aromatic carbocycles. The molecule has 3 heterocycles. The van der Waals surface area contributed by atoms with Gasteiger partial charge in [0, 0.05) is 12.5 Å². The minimum atomic E-state index is -1.39. The average Bonchev–Trinajstić information content (AvgIpc) is 3.16. The number of rotatable bonds is 4. The maximum absolute atomic E-state index is 10.2. The number of nitrogens with one attached hydrogen (secondary N) is 1. The molecule has 8 nitrogen and oxygen atoms in total. The fourth-order valence-electron chi connectivity index (χ4n) is 2.83. The van der Waals surface area contributed by atoms with Crippen LogP contribution >= 0.6 is 0 Å². The van der Waals surface area contributed by atoms with Crippen molar-refractivity contribution in [1.29, 1.82) is 0 Å². The molecule has 1 saturated carbocycles. The maximum Gasteiger partial charge on any atom is 0.179 e. The average molecular weight is 315 g/mol.